The van der Waals surface area contributed by atoms with Crippen LogP contribution in [0.3, 0.4) is 0 Å². The Morgan fingerprint density at radius 2 is 2.08 bits per heavy atom. The SMILES string of the molecule is COC(=O)[C@@H](Cc1ccc(Cl)cc1Cl)NC(=O)N(C)CC1(C)COC1. The van der Waals surface area contributed by atoms with E-state index in [-0.39, 0.29) is 17.9 Å². The number of esters is 1. The van der Waals surface area contributed by atoms with Gasteiger partial charge in [0.1, 0.15) is 6.04 Å². The van der Waals surface area contributed by atoms with Crippen LogP contribution in [-0.2, 0) is 20.7 Å². The number of nitrogens with one attached hydrogen (secondary N) is 1. The van der Waals surface area contributed by atoms with E-state index in [0.29, 0.717) is 35.4 Å². The molecule has 2 rings (SSSR count). The lowest BCUT2D eigenvalue weighted by molar-refractivity contribution is -0.142. The molecule has 0 saturated carbocycles. The molecule has 0 radical (unpaired) electrons. The Bertz CT molecular complexity index is 650. The van der Waals surface area contributed by atoms with Crippen LogP contribution in [0.5, 0.6) is 0 Å². The van der Waals surface area contributed by atoms with E-state index < -0.39 is 12.0 Å². The minimum Gasteiger partial charge on any atom is -0.467 e. The second-order valence-electron chi connectivity index (χ2n) is 6.62. The number of halogens is 2. The molecular formula is C17H22Cl2N2O4. The zero-order chi connectivity index (χ0) is 18.6. The third-order valence-corrected chi connectivity index (χ3v) is 4.68. The van der Waals surface area contributed by atoms with Crippen LogP contribution in [0.4, 0.5) is 4.79 Å². The molecule has 1 aromatic carbocycles. The van der Waals surface area contributed by atoms with Crippen LogP contribution >= 0.6 is 23.2 Å². The Morgan fingerprint density at radius 1 is 1.40 bits per heavy atom. The van der Waals surface area contributed by atoms with Crippen molar-refractivity contribution in [2.45, 2.75) is 19.4 Å². The smallest absolute Gasteiger partial charge is 0.328 e. The third kappa shape index (κ3) is 5.23. The van der Waals surface area contributed by atoms with Crippen molar-refractivity contribution in [2.75, 3.05) is 33.9 Å². The van der Waals surface area contributed by atoms with Crippen LogP contribution < -0.4 is 5.32 Å². The fourth-order valence-electron chi connectivity index (χ4n) is 2.69. The molecular weight excluding hydrogens is 367 g/mol. The van der Waals surface area contributed by atoms with Crippen molar-refractivity contribution in [3.8, 4) is 0 Å². The Kier molecular flexibility index (Phi) is 6.54. The highest BCUT2D eigenvalue weighted by Gasteiger charge is 2.36. The van der Waals surface area contributed by atoms with Gasteiger partial charge in [0.25, 0.3) is 0 Å². The van der Waals surface area contributed by atoms with Gasteiger partial charge in [-0.3, -0.25) is 0 Å². The molecule has 1 saturated heterocycles. The van der Waals surface area contributed by atoms with Gasteiger partial charge in [-0.15, -0.1) is 0 Å². The minimum absolute atomic E-state index is 0.0493. The van der Waals surface area contributed by atoms with Gasteiger partial charge in [0.15, 0.2) is 0 Å². The summed E-state index contributed by atoms with van der Waals surface area (Å²) in [4.78, 5) is 26.0. The van der Waals surface area contributed by atoms with E-state index in [1.54, 1.807) is 30.1 Å². The number of benzene rings is 1. The largest absolute Gasteiger partial charge is 0.467 e. The lowest BCUT2D eigenvalue weighted by Gasteiger charge is -2.40. The maximum atomic E-state index is 12.4. The number of ether oxygens (including phenoxy) is 2. The van der Waals surface area contributed by atoms with Crippen molar-refractivity contribution < 1.29 is 19.1 Å². The summed E-state index contributed by atoms with van der Waals surface area (Å²) in [6.07, 6.45) is 0.211. The zero-order valence-electron chi connectivity index (χ0n) is 14.5. The molecule has 0 bridgehead atoms. The first-order valence-electron chi connectivity index (χ1n) is 7.85. The van der Waals surface area contributed by atoms with Gasteiger partial charge in [-0.25, -0.2) is 9.59 Å². The molecule has 2 amide bonds. The van der Waals surface area contributed by atoms with Crippen molar-refractivity contribution in [1.29, 1.82) is 0 Å². The molecule has 8 heteroatoms. The summed E-state index contributed by atoms with van der Waals surface area (Å²) in [6, 6.07) is 3.81. The molecule has 1 fully saturated rings. The Morgan fingerprint density at radius 3 is 2.60 bits per heavy atom. The maximum absolute atomic E-state index is 12.4. The van der Waals surface area contributed by atoms with Crippen LogP contribution in [0.2, 0.25) is 10.0 Å². The lowest BCUT2D eigenvalue weighted by atomic mass is 9.88. The molecule has 1 aliphatic heterocycles. The summed E-state index contributed by atoms with van der Waals surface area (Å²) in [5, 5.41) is 3.64. The highest BCUT2D eigenvalue weighted by atomic mass is 35.5. The van der Waals surface area contributed by atoms with Crippen molar-refractivity contribution in [3.63, 3.8) is 0 Å². The van der Waals surface area contributed by atoms with E-state index in [1.807, 2.05) is 6.92 Å². The number of hydrogen-bond acceptors (Lipinski definition) is 4. The summed E-state index contributed by atoms with van der Waals surface area (Å²) in [5.41, 5.74) is 0.649. The number of hydrogen-bond donors (Lipinski definition) is 1. The zero-order valence-corrected chi connectivity index (χ0v) is 16.0. The highest BCUT2D eigenvalue weighted by Crippen LogP contribution is 2.27. The van der Waals surface area contributed by atoms with Gasteiger partial charge >= 0.3 is 12.0 Å². The van der Waals surface area contributed by atoms with Gasteiger partial charge in [0, 0.05) is 35.5 Å². The Hall–Kier alpha value is -1.50. The molecule has 0 aliphatic carbocycles. The molecule has 25 heavy (non-hydrogen) atoms. The Labute approximate surface area is 157 Å². The van der Waals surface area contributed by atoms with Gasteiger partial charge < -0.3 is 19.7 Å². The molecule has 1 aliphatic rings. The molecule has 0 spiro atoms. The first kappa shape index (κ1) is 19.8. The molecule has 1 aromatic rings. The molecule has 1 N–H and O–H groups in total. The van der Waals surface area contributed by atoms with Crippen molar-refractivity contribution in [3.05, 3.63) is 33.8 Å². The topological polar surface area (TPSA) is 67.9 Å². The first-order chi connectivity index (χ1) is 11.7. The summed E-state index contributed by atoms with van der Waals surface area (Å²) < 4.78 is 10.00. The lowest BCUT2D eigenvalue weighted by Crippen LogP contribution is -2.54. The molecule has 1 heterocycles. The number of methoxy groups -OCH3 is 1. The van der Waals surface area contributed by atoms with Crippen molar-refractivity contribution >= 4 is 35.2 Å². The van der Waals surface area contributed by atoms with Gasteiger partial charge in [0.2, 0.25) is 0 Å². The summed E-state index contributed by atoms with van der Waals surface area (Å²) in [7, 11) is 2.96. The van der Waals surface area contributed by atoms with E-state index in [4.69, 9.17) is 32.7 Å². The average Bonchev–Trinajstić information content (AvgIpc) is 2.54. The minimum atomic E-state index is -0.843. The van der Waals surface area contributed by atoms with Gasteiger partial charge in [-0.05, 0) is 17.7 Å². The predicted molar refractivity (Wildman–Crippen MR) is 96.1 cm³/mol. The monoisotopic (exact) mass is 388 g/mol. The van der Waals surface area contributed by atoms with Crippen molar-refractivity contribution in [2.24, 2.45) is 5.41 Å². The summed E-state index contributed by atoms with van der Waals surface area (Å²) in [5.74, 6) is -0.536. The van der Waals surface area contributed by atoms with E-state index in [2.05, 4.69) is 5.32 Å². The number of carbonyl (C=O) groups is 2. The maximum Gasteiger partial charge on any atom is 0.328 e. The van der Waals surface area contributed by atoms with E-state index in [1.165, 1.54) is 7.11 Å². The van der Waals surface area contributed by atoms with Crippen LogP contribution in [0, 0.1) is 5.41 Å². The predicted octanol–water partition coefficient (Wildman–Crippen LogP) is 2.76. The van der Waals surface area contributed by atoms with E-state index in [0.717, 1.165) is 0 Å². The molecule has 0 unspecified atom stereocenters. The van der Waals surface area contributed by atoms with Crippen LogP contribution in [0.15, 0.2) is 18.2 Å². The number of carbonyl (C=O) groups excluding carboxylic acids is 2. The van der Waals surface area contributed by atoms with Crippen LogP contribution in [0.1, 0.15) is 12.5 Å². The van der Waals surface area contributed by atoms with Gasteiger partial charge in [0.05, 0.1) is 20.3 Å². The van der Waals surface area contributed by atoms with Crippen molar-refractivity contribution in [1.82, 2.24) is 10.2 Å². The molecule has 0 aromatic heterocycles. The van der Waals surface area contributed by atoms with Gasteiger partial charge in [-0.1, -0.05) is 36.2 Å². The Balaban J connectivity index is 2.04. The van der Waals surface area contributed by atoms with E-state index >= 15 is 0 Å². The van der Waals surface area contributed by atoms with Crippen LogP contribution in [-0.4, -0.2) is 56.9 Å². The number of rotatable bonds is 6. The highest BCUT2D eigenvalue weighted by molar-refractivity contribution is 6.35. The fraction of sp³-hybridized carbons (Fsp3) is 0.529. The molecule has 1 atom stereocenters. The number of urea groups is 1. The van der Waals surface area contributed by atoms with Gasteiger partial charge in [-0.2, -0.15) is 0 Å². The number of amides is 2. The normalized spacial score (nSPS) is 16.5. The summed E-state index contributed by atoms with van der Waals surface area (Å²) in [6.45, 7) is 3.82. The molecule has 6 nitrogen and oxygen atoms in total. The summed E-state index contributed by atoms with van der Waals surface area (Å²) >= 11 is 12.0. The second-order valence-corrected chi connectivity index (χ2v) is 7.47. The second kappa shape index (κ2) is 8.25. The fourth-order valence-corrected chi connectivity index (χ4v) is 3.17. The van der Waals surface area contributed by atoms with Crippen LogP contribution in [0.25, 0.3) is 0 Å². The quantitative estimate of drug-likeness (QED) is 0.760. The standard InChI is InChI=1S/C17H22Cl2N2O4/c1-17(9-25-10-17)8-21(2)16(23)20-14(15(22)24-3)6-11-4-5-12(18)7-13(11)19/h4-5,7,14H,6,8-10H2,1-3H3,(H,20,23)/t14-/m1/s1. The third-order valence-electron chi connectivity index (χ3n) is 4.09. The van der Waals surface area contributed by atoms with E-state index in [9.17, 15) is 9.59 Å². The average molecular weight is 389 g/mol. The molecule has 138 valence electrons. The number of nitrogens with zero attached hydrogens (tertiary/aromatic N) is 1. The first-order valence-corrected chi connectivity index (χ1v) is 8.61.